The number of nitrogens with zero attached hydrogens (tertiary/aromatic N) is 3. The van der Waals surface area contributed by atoms with Crippen LogP contribution in [-0.2, 0) is 6.54 Å². The second kappa shape index (κ2) is 5.47. The van der Waals surface area contributed by atoms with Gasteiger partial charge in [-0.15, -0.1) is 0 Å². The van der Waals surface area contributed by atoms with Crippen molar-refractivity contribution in [2.24, 2.45) is 0 Å². The van der Waals surface area contributed by atoms with Crippen LogP contribution in [0.25, 0.3) is 0 Å². The lowest BCUT2D eigenvalue weighted by molar-refractivity contribution is 0.886. The molecule has 5 heteroatoms. The fourth-order valence-electron chi connectivity index (χ4n) is 1.57. The van der Waals surface area contributed by atoms with Crippen molar-refractivity contribution < 1.29 is 0 Å². The van der Waals surface area contributed by atoms with Gasteiger partial charge in [-0.1, -0.05) is 23.7 Å². The molecule has 0 aliphatic rings. The van der Waals surface area contributed by atoms with Crippen molar-refractivity contribution in [3.8, 4) is 0 Å². The minimum Gasteiger partial charge on any atom is -0.354 e. The van der Waals surface area contributed by atoms with Crippen molar-refractivity contribution in [2.75, 3.05) is 11.9 Å². The first kappa shape index (κ1) is 12.3. The third kappa shape index (κ3) is 3.17. The lowest BCUT2D eigenvalue weighted by atomic mass is 10.2. The van der Waals surface area contributed by atoms with E-state index in [0.29, 0.717) is 0 Å². The summed E-state index contributed by atoms with van der Waals surface area (Å²) in [5.74, 6) is 0.861. The number of aromatic nitrogens is 2. The summed E-state index contributed by atoms with van der Waals surface area (Å²) in [5.41, 5.74) is 1.14. The zero-order valence-electron chi connectivity index (χ0n) is 9.27. The first-order valence-corrected chi connectivity index (χ1v) is 6.25. The van der Waals surface area contributed by atoms with Crippen LogP contribution in [0.3, 0.4) is 0 Å². The predicted octanol–water partition coefficient (Wildman–Crippen LogP) is 3.53. The maximum atomic E-state index is 5.95. The number of anilines is 1. The number of hydrogen-bond acceptors (Lipinski definition) is 3. The van der Waals surface area contributed by atoms with Crippen molar-refractivity contribution in [3.05, 3.63) is 51.8 Å². The van der Waals surface area contributed by atoms with Gasteiger partial charge in [0.15, 0.2) is 0 Å². The van der Waals surface area contributed by atoms with Crippen LogP contribution in [0.4, 0.5) is 5.82 Å². The summed E-state index contributed by atoms with van der Waals surface area (Å²) in [6.45, 7) is 0.746. The number of rotatable bonds is 3. The molecule has 0 fully saturated rings. The molecule has 3 nitrogen and oxygen atoms in total. The lowest BCUT2D eigenvalue weighted by Gasteiger charge is -2.19. The van der Waals surface area contributed by atoms with Crippen molar-refractivity contribution in [3.63, 3.8) is 0 Å². The summed E-state index contributed by atoms with van der Waals surface area (Å²) in [4.78, 5) is 10.2. The molecule has 1 aromatic carbocycles. The van der Waals surface area contributed by atoms with E-state index in [-0.39, 0.29) is 0 Å². The van der Waals surface area contributed by atoms with E-state index in [1.54, 1.807) is 6.20 Å². The molecule has 0 atom stereocenters. The van der Waals surface area contributed by atoms with Crippen molar-refractivity contribution in [2.45, 2.75) is 6.54 Å². The van der Waals surface area contributed by atoms with E-state index in [2.05, 4.69) is 25.9 Å². The van der Waals surface area contributed by atoms with Gasteiger partial charge in [0.2, 0.25) is 0 Å². The highest BCUT2D eigenvalue weighted by Gasteiger charge is 2.07. The second-order valence-electron chi connectivity index (χ2n) is 3.68. The Hall–Kier alpha value is -1.13. The zero-order chi connectivity index (χ0) is 12.3. The van der Waals surface area contributed by atoms with Crippen LogP contribution < -0.4 is 4.90 Å². The first-order valence-electron chi connectivity index (χ1n) is 5.08. The Morgan fingerprint density at radius 1 is 1.41 bits per heavy atom. The molecule has 0 spiro atoms. The topological polar surface area (TPSA) is 29.0 Å². The Morgan fingerprint density at radius 3 is 2.94 bits per heavy atom. The molecule has 88 valence electrons. The number of benzene rings is 1. The molecular weight excluding hydrogens is 302 g/mol. The van der Waals surface area contributed by atoms with Gasteiger partial charge in [0.25, 0.3) is 0 Å². The van der Waals surface area contributed by atoms with E-state index in [9.17, 15) is 0 Å². The summed E-state index contributed by atoms with van der Waals surface area (Å²) < 4.78 is 0.879. The van der Waals surface area contributed by atoms with Crippen LogP contribution in [-0.4, -0.2) is 17.0 Å². The summed E-state index contributed by atoms with van der Waals surface area (Å²) in [6.07, 6.45) is 3.27. The van der Waals surface area contributed by atoms with Gasteiger partial charge < -0.3 is 4.90 Å². The van der Waals surface area contributed by atoms with Gasteiger partial charge in [-0.3, -0.25) is 0 Å². The highest BCUT2D eigenvalue weighted by atomic mass is 79.9. The largest absolute Gasteiger partial charge is 0.354 e. The van der Waals surface area contributed by atoms with Gasteiger partial charge in [-0.25, -0.2) is 9.97 Å². The maximum Gasteiger partial charge on any atom is 0.146 e. The molecular formula is C12H11BrClN3. The van der Waals surface area contributed by atoms with Gasteiger partial charge in [-0.05, 0) is 33.6 Å². The summed E-state index contributed by atoms with van der Waals surface area (Å²) >= 11 is 9.38. The molecule has 0 unspecified atom stereocenters. The van der Waals surface area contributed by atoms with E-state index in [1.165, 1.54) is 6.33 Å². The smallest absolute Gasteiger partial charge is 0.146 e. The number of halogens is 2. The van der Waals surface area contributed by atoms with Crippen LogP contribution in [0.15, 0.2) is 41.3 Å². The standard InChI is InChI=1S/C12H11BrClN3/c1-17(12-11(13)6-15-8-16-12)7-9-3-2-4-10(14)5-9/h2-6,8H,7H2,1H3. The summed E-state index contributed by atoms with van der Waals surface area (Å²) in [5, 5.41) is 0.748. The number of hydrogen-bond donors (Lipinski definition) is 0. The Balaban J connectivity index is 2.17. The van der Waals surface area contributed by atoms with Crippen molar-refractivity contribution in [1.29, 1.82) is 0 Å². The Kier molecular flexibility index (Phi) is 3.97. The summed E-state index contributed by atoms with van der Waals surface area (Å²) in [7, 11) is 1.98. The molecule has 0 N–H and O–H groups in total. The fourth-order valence-corrected chi connectivity index (χ4v) is 2.31. The molecule has 2 rings (SSSR count). The maximum absolute atomic E-state index is 5.95. The van der Waals surface area contributed by atoms with Crippen LogP contribution >= 0.6 is 27.5 Å². The third-order valence-electron chi connectivity index (χ3n) is 2.32. The van der Waals surface area contributed by atoms with Crippen molar-refractivity contribution >= 4 is 33.3 Å². The molecule has 0 amide bonds. The highest BCUT2D eigenvalue weighted by molar-refractivity contribution is 9.10. The molecule has 1 heterocycles. The van der Waals surface area contributed by atoms with E-state index < -0.39 is 0 Å². The minimum atomic E-state index is 0.746. The molecule has 0 aliphatic carbocycles. The predicted molar refractivity (Wildman–Crippen MR) is 73.3 cm³/mol. The van der Waals surface area contributed by atoms with Gasteiger partial charge in [0.1, 0.15) is 12.1 Å². The van der Waals surface area contributed by atoms with Gasteiger partial charge in [0, 0.05) is 24.8 Å². The molecule has 0 saturated heterocycles. The SMILES string of the molecule is CN(Cc1cccc(Cl)c1)c1ncncc1Br. The fraction of sp³-hybridized carbons (Fsp3) is 0.167. The van der Waals surface area contributed by atoms with E-state index >= 15 is 0 Å². The molecule has 0 saturated carbocycles. The Bertz CT molecular complexity index is 519. The molecule has 2 aromatic rings. The van der Waals surface area contributed by atoms with Gasteiger partial charge in [-0.2, -0.15) is 0 Å². The quantitative estimate of drug-likeness (QED) is 0.868. The Labute approximate surface area is 114 Å². The molecule has 1 aromatic heterocycles. The molecule has 17 heavy (non-hydrogen) atoms. The lowest BCUT2D eigenvalue weighted by Crippen LogP contribution is -2.18. The zero-order valence-corrected chi connectivity index (χ0v) is 11.6. The first-order chi connectivity index (χ1) is 8.16. The molecule has 0 bridgehead atoms. The second-order valence-corrected chi connectivity index (χ2v) is 4.97. The normalized spacial score (nSPS) is 10.3. The van der Waals surface area contributed by atoms with Gasteiger partial charge >= 0.3 is 0 Å². The van der Waals surface area contributed by atoms with Crippen molar-refractivity contribution in [1.82, 2.24) is 9.97 Å². The van der Waals surface area contributed by atoms with E-state index in [1.807, 2.05) is 36.2 Å². The third-order valence-corrected chi connectivity index (χ3v) is 3.11. The average molecular weight is 313 g/mol. The summed E-state index contributed by atoms with van der Waals surface area (Å²) in [6, 6.07) is 7.80. The molecule has 0 aliphatic heterocycles. The van der Waals surface area contributed by atoms with Crippen LogP contribution in [0.2, 0.25) is 5.02 Å². The molecule has 0 radical (unpaired) electrons. The van der Waals surface area contributed by atoms with Gasteiger partial charge in [0.05, 0.1) is 4.47 Å². The Morgan fingerprint density at radius 2 is 2.24 bits per heavy atom. The monoisotopic (exact) mass is 311 g/mol. The van der Waals surface area contributed by atoms with Crippen LogP contribution in [0, 0.1) is 0 Å². The van der Waals surface area contributed by atoms with Crippen LogP contribution in [0.1, 0.15) is 5.56 Å². The van der Waals surface area contributed by atoms with E-state index in [0.717, 1.165) is 27.4 Å². The van der Waals surface area contributed by atoms with E-state index in [4.69, 9.17) is 11.6 Å². The van der Waals surface area contributed by atoms with Crippen LogP contribution in [0.5, 0.6) is 0 Å². The average Bonchev–Trinajstić information content (AvgIpc) is 2.29. The minimum absolute atomic E-state index is 0.746. The highest BCUT2D eigenvalue weighted by Crippen LogP contribution is 2.22.